The van der Waals surface area contributed by atoms with E-state index in [1.807, 2.05) is 0 Å². The predicted molar refractivity (Wildman–Crippen MR) is 102 cm³/mol. The van der Waals surface area contributed by atoms with Crippen molar-refractivity contribution in [2.75, 3.05) is 13.2 Å². The molecule has 0 unspecified atom stereocenters. The average molecular weight is 355 g/mol. The van der Waals surface area contributed by atoms with Crippen LogP contribution in [0.15, 0.2) is 24.3 Å². The summed E-state index contributed by atoms with van der Waals surface area (Å²) in [7, 11) is 0. The highest BCUT2D eigenvalue weighted by molar-refractivity contribution is 4.92. The maximum atomic E-state index is 10.0. The van der Waals surface area contributed by atoms with Gasteiger partial charge in [-0.25, -0.2) is 0 Å². The fraction of sp³-hybridized carbons (Fsp3) is 0.810. The van der Waals surface area contributed by atoms with Crippen molar-refractivity contribution in [3.63, 3.8) is 0 Å². The van der Waals surface area contributed by atoms with Crippen LogP contribution in [0.5, 0.6) is 0 Å². The molecule has 0 aromatic heterocycles. The number of rotatable bonds is 14. The minimum Gasteiger partial charge on any atom is -0.388 e. The summed E-state index contributed by atoms with van der Waals surface area (Å²) in [5.74, 6) is -1.48. The van der Waals surface area contributed by atoms with E-state index in [2.05, 4.69) is 31.2 Å². The average Bonchev–Trinajstić information content (AvgIpc) is 2.61. The first-order valence-electron chi connectivity index (χ1n) is 10.1. The number of allylic oxidation sites excluding steroid dienone is 4. The van der Waals surface area contributed by atoms with Gasteiger partial charge in [0.05, 0.1) is 13.2 Å². The first-order chi connectivity index (χ1) is 12.2. The van der Waals surface area contributed by atoms with Crippen molar-refractivity contribution < 1.29 is 19.7 Å². The van der Waals surface area contributed by atoms with E-state index >= 15 is 0 Å². The number of hydrogen-bond donors (Lipinski definition) is 2. The van der Waals surface area contributed by atoms with E-state index in [1.54, 1.807) is 0 Å². The maximum Gasteiger partial charge on any atom is 0.280 e. The summed E-state index contributed by atoms with van der Waals surface area (Å²) in [4.78, 5) is 0. The largest absolute Gasteiger partial charge is 0.388 e. The SMILES string of the molecule is CCCCCC=CCC=CCCCCCCCC1(O)OCC(O)CO1. The normalized spacial score (nSPS) is 24.5. The van der Waals surface area contributed by atoms with Gasteiger partial charge in [0, 0.05) is 6.42 Å². The van der Waals surface area contributed by atoms with E-state index in [1.165, 1.54) is 44.9 Å². The zero-order chi connectivity index (χ0) is 18.2. The van der Waals surface area contributed by atoms with Crippen LogP contribution >= 0.6 is 0 Å². The molecule has 1 aliphatic heterocycles. The third-order valence-corrected chi connectivity index (χ3v) is 4.45. The number of aliphatic hydroxyl groups is 2. The Morgan fingerprint density at radius 2 is 1.40 bits per heavy atom. The van der Waals surface area contributed by atoms with E-state index in [-0.39, 0.29) is 13.2 Å². The molecule has 0 saturated carbocycles. The summed E-state index contributed by atoms with van der Waals surface area (Å²) < 4.78 is 10.3. The highest BCUT2D eigenvalue weighted by atomic mass is 16.8. The first kappa shape index (κ1) is 22.4. The lowest BCUT2D eigenvalue weighted by Gasteiger charge is -2.34. The molecular formula is C21H38O4. The molecule has 1 rings (SSSR count). The maximum absolute atomic E-state index is 10.0. The van der Waals surface area contributed by atoms with Gasteiger partial charge in [-0.1, -0.05) is 63.3 Å². The van der Waals surface area contributed by atoms with Crippen molar-refractivity contribution in [2.24, 2.45) is 0 Å². The molecule has 0 aliphatic carbocycles. The fourth-order valence-electron chi connectivity index (χ4n) is 2.85. The van der Waals surface area contributed by atoms with Gasteiger partial charge in [0.15, 0.2) is 0 Å². The van der Waals surface area contributed by atoms with Crippen LogP contribution in [0.25, 0.3) is 0 Å². The van der Waals surface area contributed by atoms with Gasteiger partial charge in [0.1, 0.15) is 6.10 Å². The lowest BCUT2D eigenvalue weighted by Crippen LogP contribution is -2.46. The van der Waals surface area contributed by atoms with Crippen molar-refractivity contribution in [3.05, 3.63) is 24.3 Å². The molecule has 0 aromatic rings. The Morgan fingerprint density at radius 3 is 2.04 bits per heavy atom. The second kappa shape index (κ2) is 14.5. The Balaban J connectivity index is 1.86. The third kappa shape index (κ3) is 12.3. The topological polar surface area (TPSA) is 58.9 Å². The van der Waals surface area contributed by atoms with E-state index < -0.39 is 12.1 Å². The van der Waals surface area contributed by atoms with Crippen LogP contribution in [-0.4, -0.2) is 35.5 Å². The van der Waals surface area contributed by atoms with Gasteiger partial charge in [-0.3, -0.25) is 0 Å². The molecule has 2 N–H and O–H groups in total. The minimum atomic E-state index is -1.48. The van der Waals surface area contributed by atoms with Gasteiger partial charge in [0.2, 0.25) is 0 Å². The van der Waals surface area contributed by atoms with Crippen molar-refractivity contribution in [1.82, 2.24) is 0 Å². The highest BCUT2D eigenvalue weighted by Gasteiger charge is 2.34. The molecular weight excluding hydrogens is 316 g/mol. The molecule has 146 valence electrons. The monoisotopic (exact) mass is 354 g/mol. The Morgan fingerprint density at radius 1 is 0.840 bits per heavy atom. The zero-order valence-electron chi connectivity index (χ0n) is 16.0. The number of aliphatic hydroxyl groups excluding tert-OH is 1. The zero-order valence-corrected chi connectivity index (χ0v) is 16.0. The Kier molecular flexibility index (Phi) is 13.0. The van der Waals surface area contributed by atoms with Gasteiger partial charge in [0.25, 0.3) is 5.97 Å². The molecule has 1 heterocycles. The first-order valence-corrected chi connectivity index (χ1v) is 10.1. The molecule has 1 saturated heterocycles. The van der Waals surface area contributed by atoms with Crippen LogP contribution in [0, 0.1) is 0 Å². The van der Waals surface area contributed by atoms with Gasteiger partial charge in [-0.05, 0) is 38.5 Å². The van der Waals surface area contributed by atoms with Crippen molar-refractivity contribution in [1.29, 1.82) is 0 Å². The summed E-state index contributed by atoms with van der Waals surface area (Å²) in [5, 5.41) is 19.3. The van der Waals surface area contributed by atoms with Crippen LogP contribution in [0.1, 0.15) is 84.0 Å². The quantitative estimate of drug-likeness (QED) is 0.346. The fourth-order valence-corrected chi connectivity index (χ4v) is 2.85. The van der Waals surface area contributed by atoms with E-state index in [0.29, 0.717) is 6.42 Å². The van der Waals surface area contributed by atoms with Gasteiger partial charge in [-0.2, -0.15) is 0 Å². The molecule has 0 spiro atoms. The summed E-state index contributed by atoms with van der Waals surface area (Å²) in [5.41, 5.74) is 0. The third-order valence-electron chi connectivity index (χ3n) is 4.45. The van der Waals surface area contributed by atoms with Crippen LogP contribution in [0.4, 0.5) is 0 Å². The van der Waals surface area contributed by atoms with Crippen LogP contribution in [0.2, 0.25) is 0 Å². The van der Waals surface area contributed by atoms with E-state index in [4.69, 9.17) is 9.47 Å². The Hall–Kier alpha value is -0.680. The molecule has 0 aromatic carbocycles. The Bertz CT molecular complexity index is 357. The van der Waals surface area contributed by atoms with Crippen molar-refractivity contribution in [2.45, 2.75) is 96.1 Å². The second-order valence-corrected chi connectivity index (χ2v) is 6.97. The number of unbranched alkanes of at least 4 members (excludes halogenated alkanes) is 8. The smallest absolute Gasteiger partial charge is 0.280 e. The molecule has 0 amide bonds. The highest BCUT2D eigenvalue weighted by Crippen LogP contribution is 2.23. The standard InChI is InChI=1S/C21H38O4/c1-2-3-4-5-6-7-8-9-10-11-12-13-14-15-16-17-21(23)24-18-20(22)19-25-21/h6-7,9-10,20,22-23H,2-5,8,11-19H2,1H3. The second-order valence-electron chi connectivity index (χ2n) is 6.97. The molecule has 25 heavy (non-hydrogen) atoms. The molecule has 4 heteroatoms. The van der Waals surface area contributed by atoms with E-state index in [9.17, 15) is 10.2 Å². The lowest BCUT2D eigenvalue weighted by atomic mass is 10.1. The van der Waals surface area contributed by atoms with Crippen LogP contribution in [-0.2, 0) is 9.47 Å². The molecule has 0 atom stereocenters. The summed E-state index contributed by atoms with van der Waals surface area (Å²) in [6, 6.07) is 0. The van der Waals surface area contributed by atoms with Gasteiger partial charge in [-0.15, -0.1) is 0 Å². The molecule has 0 radical (unpaired) electrons. The minimum absolute atomic E-state index is 0.150. The van der Waals surface area contributed by atoms with Crippen molar-refractivity contribution in [3.8, 4) is 0 Å². The summed E-state index contributed by atoms with van der Waals surface area (Å²) in [6.07, 6.45) is 21.9. The number of hydrogen-bond acceptors (Lipinski definition) is 4. The lowest BCUT2D eigenvalue weighted by molar-refractivity contribution is -0.397. The number of ether oxygens (including phenoxy) is 2. The predicted octanol–water partition coefficient (Wildman–Crippen LogP) is 4.85. The summed E-state index contributed by atoms with van der Waals surface area (Å²) >= 11 is 0. The molecule has 1 aliphatic rings. The Labute approximate surface area is 153 Å². The van der Waals surface area contributed by atoms with Gasteiger partial charge < -0.3 is 19.7 Å². The van der Waals surface area contributed by atoms with E-state index in [0.717, 1.165) is 25.7 Å². The summed E-state index contributed by atoms with van der Waals surface area (Å²) in [6.45, 7) is 2.54. The molecule has 4 nitrogen and oxygen atoms in total. The van der Waals surface area contributed by atoms with Crippen LogP contribution < -0.4 is 0 Å². The molecule has 1 fully saturated rings. The van der Waals surface area contributed by atoms with Gasteiger partial charge >= 0.3 is 0 Å². The van der Waals surface area contributed by atoms with Crippen molar-refractivity contribution >= 4 is 0 Å². The van der Waals surface area contributed by atoms with Crippen LogP contribution in [0.3, 0.4) is 0 Å². The molecule has 0 bridgehead atoms.